The van der Waals surface area contributed by atoms with Crippen LogP contribution in [0.5, 0.6) is 0 Å². The minimum atomic E-state index is -4.68. The molecule has 12 heteroatoms. The van der Waals surface area contributed by atoms with Gasteiger partial charge in [0, 0.05) is 37.7 Å². The Morgan fingerprint density at radius 2 is 2.03 bits per heavy atom. The summed E-state index contributed by atoms with van der Waals surface area (Å²) < 4.78 is 75.0. The molecule has 2 bridgehead atoms. The van der Waals surface area contributed by atoms with Crippen molar-refractivity contribution in [1.29, 1.82) is 0 Å². The first-order valence-electron chi connectivity index (χ1n) is 11.2. The number of fused-ring (bicyclic) bond motifs is 3. The van der Waals surface area contributed by atoms with Gasteiger partial charge < -0.3 is 14.7 Å². The molecule has 4 atom stereocenters. The van der Waals surface area contributed by atoms with Gasteiger partial charge in [-0.15, -0.1) is 0 Å². The molecule has 4 aliphatic rings. The Balaban J connectivity index is 1.64. The summed E-state index contributed by atoms with van der Waals surface area (Å²) in [7, 11) is 0. The number of β-amino-alcohol motifs (C(OH)–C–C–N with tert-alkyl or cyclic N) is 1. The van der Waals surface area contributed by atoms with Crippen molar-refractivity contribution in [2.75, 3.05) is 32.9 Å². The van der Waals surface area contributed by atoms with Crippen LogP contribution in [0.2, 0.25) is 0 Å². The monoisotopic (exact) mass is 490 g/mol. The SMILES string of the molecule is CC(=O)N1CC[C@@H](C(F)(F)F)N(CC(O)c2ccc(F)cc2F)/C1=N/CN1C[C@@H]2CCC1CO2. The first-order valence-corrected chi connectivity index (χ1v) is 11.2. The summed E-state index contributed by atoms with van der Waals surface area (Å²) in [6.07, 6.45) is -4.96. The molecule has 4 heterocycles. The van der Waals surface area contributed by atoms with Crippen LogP contribution in [0.3, 0.4) is 0 Å². The minimum Gasteiger partial charge on any atom is -0.386 e. The first-order chi connectivity index (χ1) is 16.0. The van der Waals surface area contributed by atoms with E-state index < -0.39 is 48.8 Å². The standard InChI is InChI=1S/C22H27F5N4O3/c1-13(32)30-7-6-20(22(25,26)27)31(10-19(33)17-5-2-14(23)8-18(17)24)21(30)28-12-29-9-16-4-3-15(29)11-34-16/h2,5,8,15-16,19-20,33H,3-4,6-7,9-12H2,1H3/b28-21+/t15?,16-,19?,20-/m0/s1. The molecule has 0 spiro atoms. The third kappa shape index (κ3) is 5.18. The van der Waals surface area contributed by atoms with Gasteiger partial charge in [0.25, 0.3) is 0 Å². The number of carbonyl (C=O) groups excluding carboxylic acids is 1. The van der Waals surface area contributed by atoms with Gasteiger partial charge in [-0.25, -0.2) is 13.8 Å². The Morgan fingerprint density at radius 1 is 1.26 bits per heavy atom. The quantitative estimate of drug-likeness (QED) is 0.643. The van der Waals surface area contributed by atoms with Gasteiger partial charge in [0.2, 0.25) is 11.9 Å². The van der Waals surface area contributed by atoms with Crippen LogP contribution in [0.1, 0.15) is 37.9 Å². The van der Waals surface area contributed by atoms with Crippen LogP contribution in [-0.4, -0.2) is 88.9 Å². The van der Waals surface area contributed by atoms with Crippen molar-refractivity contribution in [3.8, 4) is 0 Å². The number of guanidine groups is 1. The van der Waals surface area contributed by atoms with Crippen molar-refractivity contribution in [3.05, 3.63) is 35.4 Å². The van der Waals surface area contributed by atoms with Gasteiger partial charge in [-0.2, -0.15) is 13.2 Å². The van der Waals surface area contributed by atoms with Crippen LogP contribution in [0, 0.1) is 11.6 Å². The van der Waals surface area contributed by atoms with Gasteiger partial charge in [-0.3, -0.25) is 14.6 Å². The number of nitrogens with zero attached hydrogens (tertiary/aromatic N) is 4. The fraction of sp³-hybridized carbons (Fsp3) is 0.636. The molecule has 1 N–H and O–H groups in total. The normalized spacial score (nSPS) is 28.0. The third-order valence-electron chi connectivity index (χ3n) is 6.64. The van der Waals surface area contributed by atoms with Crippen molar-refractivity contribution < 1.29 is 36.6 Å². The number of carbonyl (C=O) groups is 1. The third-order valence-corrected chi connectivity index (χ3v) is 6.64. The second kappa shape index (κ2) is 9.74. The number of ether oxygens (including phenoxy) is 1. The highest BCUT2D eigenvalue weighted by Gasteiger charge is 2.49. The van der Waals surface area contributed by atoms with E-state index in [0.29, 0.717) is 19.2 Å². The zero-order chi connectivity index (χ0) is 24.6. The maximum atomic E-state index is 14.2. The molecule has 34 heavy (non-hydrogen) atoms. The fourth-order valence-corrected chi connectivity index (χ4v) is 4.84. The molecule has 0 aromatic heterocycles. The number of morpholine rings is 1. The lowest BCUT2D eigenvalue weighted by Crippen LogP contribution is -2.62. The predicted molar refractivity (Wildman–Crippen MR) is 112 cm³/mol. The van der Waals surface area contributed by atoms with E-state index in [1.807, 2.05) is 4.90 Å². The number of hydrogen-bond acceptors (Lipinski definition) is 5. The van der Waals surface area contributed by atoms with Crippen LogP contribution >= 0.6 is 0 Å². The summed E-state index contributed by atoms with van der Waals surface area (Å²) in [5, 5.41) is 10.6. The van der Waals surface area contributed by atoms with E-state index in [1.54, 1.807) is 0 Å². The molecule has 4 fully saturated rings. The number of halogens is 5. The number of amides is 1. The van der Waals surface area contributed by atoms with Gasteiger partial charge in [0.15, 0.2) is 0 Å². The van der Waals surface area contributed by atoms with Crippen LogP contribution in [0.4, 0.5) is 22.0 Å². The lowest BCUT2D eigenvalue weighted by molar-refractivity contribution is -0.184. The number of alkyl halides is 3. The Hall–Kier alpha value is -2.31. The Labute approximate surface area is 193 Å². The van der Waals surface area contributed by atoms with E-state index in [-0.39, 0.29) is 36.9 Å². The van der Waals surface area contributed by atoms with Crippen molar-refractivity contribution >= 4 is 11.9 Å². The molecule has 0 saturated carbocycles. The van der Waals surface area contributed by atoms with Crippen LogP contribution in [-0.2, 0) is 9.53 Å². The molecule has 5 rings (SSSR count). The second-order valence-corrected chi connectivity index (χ2v) is 8.91. The largest absolute Gasteiger partial charge is 0.408 e. The molecule has 1 aromatic rings. The number of aliphatic hydroxyl groups is 1. The molecule has 188 valence electrons. The topological polar surface area (TPSA) is 68.6 Å². The number of rotatable bonds is 5. The van der Waals surface area contributed by atoms with Crippen LogP contribution in [0.25, 0.3) is 0 Å². The van der Waals surface area contributed by atoms with E-state index in [1.165, 1.54) is 6.92 Å². The molecule has 2 unspecified atom stereocenters. The average molecular weight is 490 g/mol. The van der Waals surface area contributed by atoms with Crippen LogP contribution < -0.4 is 0 Å². The molecule has 0 aliphatic carbocycles. The summed E-state index contributed by atoms with van der Waals surface area (Å²) in [6, 6.07) is 0.533. The maximum Gasteiger partial charge on any atom is 0.408 e. The zero-order valence-corrected chi connectivity index (χ0v) is 18.6. The average Bonchev–Trinajstić information content (AvgIpc) is 2.77. The zero-order valence-electron chi connectivity index (χ0n) is 18.6. The summed E-state index contributed by atoms with van der Waals surface area (Å²) >= 11 is 0. The van der Waals surface area contributed by atoms with E-state index >= 15 is 0 Å². The van der Waals surface area contributed by atoms with Gasteiger partial charge in [0.05, 0.1) is 32.0 Å². The van der Waals surface area contributed by atoms with Gasteiger partial charge in [-0.1, -0.05) is 6.07 Å². The van der Waals surface area contributed by atoms with Gasteiger partial charge >= 0.3 is 6.18 Å². The second-order valence-electron chi connectivity index (χ2n) is 8.91. The Morgan fingerprint density at radius 3 is 2.59 bits per heavy atom. The lowest BCUT2D eigenvalue weighted by Gasteiger charge is -2.46. The Kier molecular flexibility index (Phi) is 7.11. The molecule has 1 amide bonds. The smallest absolute Gasteiger partial charge is 0.386 e. The lowest BCUT2D eigenvalue weighted by atomic mass is 9.98. The number of aliphatic imine (C=N–C) groups is 1. The summed E-state index contributed by atoms with van der Waals surface area (Å²) in [5.41, 5.74) is -0.341. The van der Waals surface area contributed by atoms with Crippen LogP contribution in [0.15, 0.2) is 23.2 Å². The molecule has 0 radical (unpaired) electrons. The highest BCUT2D eigenvalue weighted by atomic mass is 19.4. The molecule has 4 saturated heterocycles. The van der Waals surface area contributed by atoms with E-state index in [9.17, 15) is 31.9 Å². The van der Waals surface area contributed by atoms with Crippen molar-refractivity contribution in [1.82, 2.24) is 14.7 Å². The number of piperidine rings is 1. The van der Waals surface area contributed by atoms with E-state index in [0.717, 1.165) is 34.8 Å². The summed E-state index contributed by atoms with van der Waals surface area (Å²) in [4.78, 5) is 20.7. The fourth-order valence-electron chi connectivity index (χ4n) is 4.84. The molecule has 7 nitrogen and oxygen atoms in total. The summed E-state index contributed by atoms with van der Waals surface area (Å²) in [5.74, 6) is -2.65. The number of benzene rings is 1. The Bertz CT molecular complexity index is 936. The minimum absolute atomic E-state index is 0.0442. The molecular weight excluding hydrogens is 463 g/mol. The predicted octanol–water partition coefficient (Wildman–Crippen LogP) is 2.66. The van der Waals surface area contributed by atoms with E-state index in [4.69, 9.17) is 4.74 Å². The van der Waals surface area contributed by atoms with E-state index in [2.05, 4.69) is 4.99 Å². The van der Waals surface area contributed by atoms with Crippen molar-refractivity contribution in [2.45, 2.75) is 56.7 Å². The summed E-state index contributed by atoms with van der Waals surface area (Å²) in [6.45, 7) is 1.53. The highest BCUT2D eigenvalue weighted by Crippen LogP contribution is 2.34. The molecule has 4 aliphatic heterocycles. The van der Waals surface area contributed by atoms with Crippen molar-refractivity contribution in [3.63, 3.8) is 0 Å². The highest BCUT2D eigenvalue weighted by molar-refractivity contribution is 5.96. The van der Waals surface area contributed by atoms with Gasteiger partial charge in [0.1, 0.15) is 17.7 Å². The maximum absolute atomic E-state index is 14.2. The van der Waals surface area contributed by atoms with Gasteiger partial charge in [-0.05, 0) is 25.3 Å². The number of hydrogen-bond donors (Lipinski definition) is 1. The first kappa shape index (κ1) is 24.8. The number of aliphatic hydroxyl groups excluding tert-OH is 1. The molecule has 1 aromatic carbocycles. The van der Waals surface area contributed by atoms with Crippen molar-refractivity contribution in [2.24, 2.45) is 4.99 Å². The molecular formula is C22H27F5N4O3.